The minimum atomic E-state index is 0.547. The molecule has 0 saturated carbocycles. The second-order valence-corrected chi connectivity index (χ2v) is 19.1. The molecule has 1 aliphatic rings. The van der Waals surface area contributed by atoms with Gasteiger partial charge >= 0.3 is 0 Å². The van der Waals surface area contributed by atoms with Crippen LogP contribution in [-0.2, 0) is 0 Å². The highest BCUT2D eigenvalue weighted by Gasteiger charge is 2.29. The highest BCUT2D eigenvalue weighted by atomic mass is 15.3. The average molecular weight is 935 g/mol. The van der Waals surface area contributed by atoms with E-state index in [1.54, 1.807) is 0 Å². The van der Waals surface area contributed by atoms with E-state index >= 15 is 0 Å². The predicted molar refractivity (Wildman–Crippen MR) is 301 cm³/mol. The maximum atomic E-state index is 5.74. The number of rotatable bonds is 6. The molecule has 342 valence electrons. The van der Waals surface area contributed by atoms with Crippen LogP contribution >= 0.6 is 0 Å². The van der Waals surface area contributed by atoms with E-state index in [0.29, 0.717) is 11.6 Å². The summed E-state index contributed by atoms with van der Waals surface area (Å²) in [5, 5.41) is 9.44. The van der Waals surface area contributed by atoms with Gasteiger partial charge in [0.25, 0.3) is 0 Å². The number of hydrogen-bond acceptors (Lipinski definition) is 3. The van der Waals surface area contributed by atoms with Crippen molar-refractivity contribution >= 4 is 104 Å². The van der Waals surface area contributed by atoms with Crippen molar-refractivity contribution in [3.05, 3.63) is 231 Å². The molecule has 73 heavy (non-hydrogen) atoms. The fourth-order valence-electron chi connectivity index (χ4n) is 12.2. The molecule has 8 nitrogen and oxygen atoms in total. The molecule has 0 amide bonds. The van der Waals surface area contributed by atoms with Gasteiger partial charge in [0, 0.05) is 65.7 Å². The van der Waals surface area contributed by atoms with Gasteiger partial charge in [-0.3, -0.25) is 13.7 Å². The third-order valence-corrected chi connectivity index (χ3v) is 15.1. The highest BCUT2D eigenvalue weighted by molar-refractivity contribution is 6.28. The number of nitrogens with zero attached hydrogens (tertiary/aromatic N) is 8. The molecule has 0 unspecified atom stereocenters. The van der Waals surface area contributed by atoms with Gasteiger partial charge in [0.1, 0.15) is 11.2 Å². The molecule has 6 heterocycles. The molecule has 0 aliphatic heterocycles. The summed E-state index contributed by atoms with van der Waals surface area (Å²) in [7, 11) is 0. The number of imidazole rings is 1. The first-order valence-electron chi connectivity index (χ1n) is 25.0. The summed E-state index contributed by atoms with van der Waals surface area (Å²) in [5.41, 5.74) is 15.2. The van der Waals surface area contributed by atoms with Crippen LogP contribution in [-0.4, -0.2) is 37.8 Å². The zero-order valence-corrected chi connectivity index (χ0v) is 39.4. The molecule has 0 bridgehead atoms. The van der Waals surface area contributed by atoms with E-state index in [4.69, 9.17) is 15.0 Å². The number of aromatic nitrogens is 8. The van der Waals surface area contributed by atoms with Crippen LogP contribution in [0.3, 0.4) is 0 Å². The molecule has 8 heteroatoms. The van der Waals surface area contributed by atoms with Crippen molar-refractivity contribution in [1.82, 2.24) is 37.8 Å². The van der Waals surface area contributed by atoms with E-state index in [9.17, 15) is 0 Å². The minimum Gasteiger partial charge on any atom is -0.309 e. The fraction of sp³-hybridized carbons (Fsp3) is 0.0308. The molecule has 0 fully saturated rings. The minimum absolute atomic E-state index is 0.547. The summed E-state index contributed by atoms with van der Waals surface area (Å²) in [6.07, 6.45) is 9.00. The van der Waals surface area contributed by atoms with Crippen molar-refractivity contribution < 1.29 is 0 Å². The lowest BCUT2D eigenvalue weighted by Gasteiger charge is -2.15. The Morgan fingerprint density at radius 1 is 0.329 bits per heavy atom. The molecule has 6 aromatic heterocycles. The Hall–Kier alpha value is -9.79. The van der Waals surface area contributed by atoms with Crippen molar-refractivity contribution in [1.29, 1.82) is 0 Å². The fourth-order valence-corrected chi connectivity index (χ4v) is 12.2. The monoisotopic (exact) mass is 934 g/mol. The highest BCUT2D eigenvalue weighted by Crippen LogP contribution is 2.45. The van der Waals surface area contributed by atoms with Gasteiger partial charge in [-0.1, -0.05) is 164 Å². The summed E-state index contributed by atoms with van der Waals surface area (Å²) >= 11 is 0. The SMILES string of the molecule is C1=CC(n2c3ccccc3c3ccc4c(c5ccccc5n4-c4nc5nc(-n6c7ccccc7c7c6ccc6c8ccccc8n(-c8ccccc8)c67)nc(-c6ccccc6)c5n4-c4ccccc4)c32)=CCC1. The maximum absolute atomic E-state index is 5.74. The molecule has 9 aromatic carbocycles. The smallest absolute Gasteiger partial charge is 0.237 e. The van der Waals surface area contributed by atoms with Crippen LogP contribution in [0.15, 0.2) is 231 Å². The van der Waals surface area contributed by atoms with Gasteiger partial charge in [0.05, 0.1) is 44.1 Å². The van der Waals surface area contributed by atoms with Crippen LogP contribution in [0, 0.1) is 0 Å². The topological polar surface area (TPSA) is 63.3 Å². The van der Waals surface area contributed by atoms with E-state index in [0.717, 1.165) is 96.2 Å². The number of hydrogen-bond donors (Lipinski definition) is 0. The molecule has 0 spiro atoms. The van der Waals surface area contributed by atoms with Crippen LogP contribution in [0.4, 0.5) is 0 Å². The molecule has 0 saturated heterocycles. The molecule has 0 N–H and O–H groups in total. The summed E-state index contributed by atoms with van der Waals surface area (Å²) in [4.78, 5) is 17.1. The first-order valence-corrected chi connectivity index (χ1v) is 25.0. The molecule has 0 atom stereocenters. The molecule has 15 aromatic rings. The van der Waals surface area contributed by atoms with Crippen molar-refractivity contribution in [3.63, 3.8) is 0 Å². The van der Waals surface area contributed by atoms with Gasteiger partial charge in [-0.05, 0) is 79.6 Å². The van der Waals surface area contributed by atoms with E-state index in [1.165, 1.54) is 43.7 Å². The van der Waals surface area contributed by atoms with Crippen LogP contribution in [0.25, 0.3) is 139 Å². The molecular formula is C65H42N8. The van der Waals surface area contributed by atoms with Crippen molar-refractivity contribution in [2.75, 3.05) is 0 Å². The summed E-state index contributed by atoms with van der Waals surface area (Å²) in [6.45, 7) is 0. The van der Waals surface area contributed by atoms with Crippen molar-refractivity contribution in [3.8, 4) is 34.5 Å². The van der Waals surface area contributed by atoms with Gasteiger partial charge in [-0.25, -0.2) is 4.98 Å². The van der Waals surface area contributed by atoms with Crippen LogP contribution in [0.1, 0.15) is 12.8 Å². The van der Waals surface area contributed by atoms with Gasteiger partial charge in [0.2, 0.25) is 11.9 Å². The normalized spacial score (nSPS) is 13.1. The third kappa shape index (κ3) is 5.63. The Labute approximate surface area is 417 Å². The number of benzene rings is 9. The lowest BCUT2D eigenvalue weighted by molar-refractivity contribution is 0.955. The Balaban J connectivity index is 1.04. The lowest BCUT2D eigenvalue weighted by Crippen LogP contribution is -2.07. The molecular weight excluding hydrogens is 893 g/mol. The van der Waals surface area contributed by atoms with Crippen LogP contribution < -0.4 is 0 Å². The number of para-hydroxylation sites is 6. The van der Waals surface area contributed by atoms with Gasteiger partial charge < -0.3 is 9.13 Å². The quantitative estimate of drug-likeness (QED) is 0.167. The zero-order valence-electron chi connectivity index (χ0n) is 39.4. The number of fused-ring (bicyclic) bond motifs is 15. The second kappa shape index (κ2) is 15.4. The van der Waals surface area contributed by atoms with E-state index in [1.807, 2.05) is 0 Å². The van der Waals surface area contributed by atoms with Crippen molar-refractivity contribution in [2.45, 2.75) is 12.8 Å². The molecule has 1 aliphatic carbocycles. The van der Waals surface area contributed by atoms with Crippen LogP contribution in [0.2, 0.25) is 0 Å². The first-order chi connectivity index (χ1) is 36.3. The Bertz CT molecular complexity index is 4830. The largest absolute Gasteiger partial charge is 0.309 e. The van der Waals surface area contributed by atoms with Crippen molar-refractivity contribution in [2.24, 2.45) is 0 Å². The molecule has 0 radical (unpaired) electrons. The Morgan fingerprint density at radius 2 is 0.822 bits per heavy atom. The summed E-state index contributed by atoms with van der Waals surface area (Å²) in [6, 6.07) is 75.9. The first kappa shape index (κ1) is 40.0. The van der Waals surface area contributed by atoms with Crippen LogP contribution in [0.5, 0.6) is 0 Å². The third-order valence-electron chi connectivity index (χ3n) is 15.1. The van der Waals surface area contributed by atoms with Gasteiger partial charge in [-0.2, -0.15) is 9.97 Å². The second-order valence-electron chi connectivity index (χ2n) is 19.1. The summed E-state index contributed by atoms with van der Waals surface area (Å²) in [5.74, 6) is 1.27. The summed E-state index contributed by atoms with van der Waals surface area (Å²) < 4.78 is 11.8. The standard InChI is InChI=1S/C65H42N8/c1-5-21-41(22-6-1)59-62-63(67-64(66-59)72-53-35-19-15-31-49(53)57-55(72)39-37-47-45-29-13-17-33-51(45)69(60(47)57)42-23-7-2-8-24-42)68-65(71(62)44-27-11-4-12-28-44)73-54-36-20-16-32-50(54)58-56(73)40-38-48-46-30-14-18-34-52(46)70(61(48)58)43-25-9-3-10-26-43/h1-2,4-9,11-40H,3,10H2. The predicted octanol–water partition coefficient (Wildman–Crippen LogP) is 16.1. The average Bonchev–Trinajstić information content (AvgIpc) is 4.27. The van der Waals surface area contributed by atoms with Gasteiger partial charge in [-0.15, -0.1) is 0 Å². The molecule has 16 rings (SSSR count). The van der Waals surface area contributed by atoms with E-state index < -0.39 is 0 Å². The lowest BCUT2D eigenvalue weighted by atomic mass is 10.1. The Kier molecular flexibility index (Phi) is 8.41. The Morgan fingerprint density at radius 3 is 1.42 bits per heavy atom. The number of allylic oxidation sites excluding steroid dienone is 4. The van der Waals surface area contributed by atoms with E-state index in [2.05, 4.69) is 253 Å². The van der Waals surface area contributed by atoms with Gasteiger partial charge in [0.15, 0.2) is 5.65 Å². The van der Waals surface area contributed by atoms with E-state index in [-0.39, 0.29) is 0 Å². The zero-order chi connectivity index (χ0) is 47.7. The maximum Gasteiger partial charge on any atom is 0.237 e.